The topological polar surface area (TPSA) is 6.48 Å². The van der Waals surface area contributed by atoms with E-state index in [-0.39, 0.29) is 0 Å². The Morgan fingerprint density at radius 2 is 1.05 bits per heavy atom. The maximum atomic E-state index is 2.54. The SMILES string of the molecule is CCN1c2c(C)cccc2Sc2cc(-c3cc(C)c4c(c3)Sc3cccc(C)c3N4C(C)C)cc(C)c21. The van der Waals surface area contributed by atoms with Crippen molar-refractivity contribution in [3.05, 3.63) is 82.9 Å². The Morgan fingerprint density at radius 3 is 1.62 bits per heavy atom. The molecule has 37 heavy (non-hydrogen) atoms. The number of benzene rings is 4. The molecule has 188 valence electrons. The highest BCUT2D eigenvalue weighted by atomic mass is 32.2. The first-order valence-corrected chi connectivity index (χ1v) is 14.8. The normalized spacial score (nSPS) is 13.8. The number of para-hydroxylation sites is 2. The van der Waals surface area contributed by atoms with Crippen molar-refractivity contribution >= 4 is 46.3 Å². The van der Waals surface area contributed by atoms with Crippen LogP contribution in [-0.2, 0) is 0 Å². The van der Waals surface area contributed by atoms with E-state index >= 15 is 0 Å². The summed E-state index contributed by atoms with van der Waals surface area (Å²) < 4.78 is 0. The van der Waals surface area contributed by atoms with E-state index in [1.54, 1.807) is 0 Å². The molecule has 2 heterocycles. The van der Waals surface area contributed by atoms with Crippen LogP contribution in [0, 0.1) is 27.7 Å². The van der Waals surface area contributed by atoms with Crippen molar-refractivity contribution in [2.75, 3.05) is 16.3 Å². The summed E-state index contributed by atoms with van der Waals surface area (Å²) >= 11 is 3.83. The van der Waals surface area contributed by atoms with Gasteiger partial charge in [0.25, 0.3) is 0 Å². The van der Waals surface area contributed by atoms with E-state index in [9.17, 15) is 0 Å². The van der Waals surface area contributed by atoms with Crippen LogP contribution in [-0.4, -0.2) is 12.6 Å². The molecule has 0 saturated carbocycles. The van der Waals surface area contributed by atoms with E-state index in [2.05, 4.69) is 119 Å². The smallest absolute Gasteiger partial charge is 0.0585 e. The van der Waals surface area contributed by atoms with Crippen LogP contribution < -0.4 is 9.80 Å². The first-order valence-electron chi connectivity index (χ1n) is 13.2. The number of anilines is 4. The minimum Gasteiger partial charge on any atom is -0.339 e. The maximum Gasteiger partial charge on any atom is 0.0585 e. The van der Waals surface area contributed by atoms with Crippen LogP contribution in [0.5, 0.6) is 0 Å². The zero-order valence-corrected chi connectivity index (χ0v) is 24.4. The summed E-state index contributed by atoms with van der Waals surface area (Å²) in [5, 5.41) is 0. The molecule has 4 aromatic carbocycles. The molecule has 0 saturated heterocycles. The molecule has 4 heteroatoms. The first kappa shape index (κ1) is 24.5. The Labute approximate surface area is 230 Å². The molecule has 0 aliphatic carbocycles. The van der Waals surface area contributed by atoms with Crippen molar-refractivity contribution in [2.24, 2.45) is 0 Å². The Morgan fingerprint density at radius 1 is 0.595 bits per heavy atom. The average Bonchev–Trinajstić information content (AvgIpc) is 2.86. The second-order valence-corrected chi connectivity index (χ2v) is 12.7. The average molecular weight is 523 g/mol. The van der Waals surface area contributed by atoms with E-state index < -0.39 is 0 Å². The number of hydrogen-bond acceptors (Lipinski definition) is 4. The quantitative estimate of drug-likeness (QED) is 0.264. The summed E-state index contributed by atoms with van der Waals surface area (Å²) in [6.45, 7) is 16.8. The third-order valence-electron chi connectivity index (χ3n) is 7.56. The van der Waals surface area contributed by atoms with Crippen molar-refractivity contribution in [2.45, 2.75) is 74.1 Å². The number of nitrogens with zero attached hydrogens (tertiary/aromatic N) is 2. The van der Waals surface area contributed by atoms with E-state index in [1.165, 1.54) is 75.7 Å². The van der Waals surface area contributed by atoms with Gasteiger partial charge in [0.1, 0.15) is 0 Å². The fourth-order valence-corrected chi connectivity index (χ4v) is 8.60. The molecular weight excluding hydrogens is 489 g/mol. The summed E-state index contributed by atoms with van der Waals surface area (Å²) in [6, 6.07) is 23.3. The molecule has 0 unspecified atom stereocenters. The zero-order chi connectivity index (χ0) is 26.0. The molecule has 2 nitrogen and oxygen atoms in total. The van der Waals surface area contributed by atoms with Gasteiger partial charge in [0, 0.05) is 32.2 Å². The zero-order valence-electron chi connectivity index (χ0n) is 22.8. The van der Waals surface area contributed by atoms with Gasteiger partial charge in [-0.25, -0.2) is 0 Å². The molecule has 2 aliphatic heterocycles. The standard InChI is InChI=1S/C33H34N2S2/c1-8-34-30-20(4)11-9-13-26(30)36-28-17-24(15-22(6)31(28)34)25-16-23(7)33-29(18-25)37-27-14-10-12-21(5)32(27)35(33)19(2)3/h9-19H,8H2,1-7H3. The van der Waals surface area contributed by atoms with Crippen molar-refractivity contribution in [3.63, 3.8) is 0 Å². The molecule has 2 aliphatic rings. The molecule has 0 fully saturated rings. The summed E-state index contributed by atoms with van der Waals surface area (Å²) in [5.74, 6) is 0. The second kappa shape index (κ2) is 9.18. The first-order chi connectivity index (χ1) is 17.8. The van der Waals surface area contributed by atoms with Crippen LogP contribution in [0.2, 0.25) is 0 Å². The van der Waals surface area contributed by atoms with Crippen LogP contribution in [0.25, 0.3) is 11.1 Å². The molecule has 0 amide bonds. The second-order valence-electron chi connectivity index (χ2n) is 10.5. The molecule has 6 rings (SSSR count). The minimum absolute atomic E-state index is 0.384. The van der Waals surface area contributed by atoms with Gasteiger partial charge in [-0.2, -0.15) is 0 Å². The van der Waals surface area contributed by atoms with Crippen LogP contribution in [0.15, 0.2) is 80.2 Å². The van der Waals surface area contributed by atoms with Crippen molar-refractivity contribution in [3.8, 4) is 11.1 Å². The number of aryl methyl sites for hydroxylation is 4. The van der Waals surface area contributed by atoms with Crippen molar-refractivity contribution in [1.29, 1.82) is 0 Å². The van der Waals surface area contributed by atoms with E-state index in [0.29, 0.717) is 6.04 Å². The van der Waals surface area contributed by atoms with Gasteiger partial charge in [0.15, 0.2) is 0 Å². The fourth-order valence-electron chi connectivity index (χ4n) is 6.01. The molecular formula is C33H34N2S2. The van der Waals surface area contributed by atoms with Gasteiger partial charge < -0.3 is 9.80 Å². The van der Waals surface area contributed by atoms with Crippen molar-refractivity contribution in [1.82, 2.24) is 0 Å². The van der Waals surface area contributed by atoms with Gasteiger partial charge in [-0.1, -0.05) is 47.8 Å². The highest BCUT2D eigenvalue weighted by Crippen LogP contribution is 2.54. The third-order valence-corrected chi connectivity index (χ3v) is 9.72. The highest BCUT2D eigenvalue weighted by molar-refractivity contribution is 8.00. The number of hydrogen-bond donors (Lipinski definition) is 0. The summed E-state index contributed by atoms with van der Waals surface area (Å²) in [4.78, 5) is 10.4. The molecule has 0 atom stereocenters. The van der Waals surface area contributed by atoms with Gasteiger partial charge in [-0.3, -0.25) is 0 Å². The van der Waals surface area contributed by atoms with Gasteiger partial charge in [0.2, 0.25) is 0 Å². The number of fused-ring (bicyclic) bond motifs is 4. The summed E-state index contributed by atoms with van der Waals surface area (Å²) in [7, 11) is 0. The lowest BCUT2D eigenvalue weighted by atomic mass is 9.97. The van der Waals surface area contributed by atoms with E-state index in [1.807, 2.05) is 23.5 Å². The Kier molecular flexibility index (Phi) is 6.08. The van der Waals surface area contributed by atoms with Crippen LogP contribution in [0.4, 0.5) is 22.7 Å². The largest absolute Gasteiger partial charge is 0.339 e. The maximum absolute atomic E-state index is 2.54. The Bertz CT molecular complexity index is 1550. The van der Waals surface area contributed by atoms with Gasteiger partial charge in [0.05, 0.1) is 22.7 Å². The molecule has 4 aromatic rings. The third kappa shape index (κ3) is 3.88. The molecule has 0 N–H and O–H groups in total. The van der Waals surface area contributed by atoms with Crippen LogP contribution in [0.1, 0.15) is 43.0 Å². The summed E-state index contributed by atoms with van der Waals surface area (Å²) in [6.07, 6.45) is 0. The monoisotopic (exact) mass is 522 g/mol. The van der Waals surface area contributed by atoms with Crippen LogP contribution >= 0.6 is 23.5 Å². The Hall–Kier alpha value is -2.82. The Balaban J connectivity index is 1.48. The van der Waals surface area contributed by atoms with E-state index in [0.717, 1.165) is 6.54 Å². The van der Waals surface area contributed by atoms with Gasteiger partial charge in [-0.15, -0.1) is 0 Å². The van der Waals surface area contributed by atoms with Crippen LogP contribution in [0.3, 0.4) is 0 Å². The minimum atomic E-state index is 0.384. The molecule has 0 bridgehead atoms. The van der Waals surface area contributed by atoms with E-state index in [4.69, 9.17) is 0 Å². The van der Waals surface area contributed by atoms with Gasteiger partial charge in [-0.05, 0) is 118 Å². The lowest BCUT2D eigenvalue weighted by molar-refractivity contribution is 0.767. The molecule has 0 radical (unpaired) electrons. The fraction of sp³-hybridized carbons (Fsp3) is 0.273. The molecule has 0 aromatic heterocycles. The lowest BCUT2D eigenvalue weighted by Gasteiger charge is -2.38. The van der Waals surface area contributed by atoms with Crippen molar-refractivity contribution < 1.29 is 0 Å². The predicted octanol–water partition coefficient (Wildman–Crippen LogP) is 10.2. The molecule has 0 spiro atoms. The highest BCUT2D eigenvalue weighted by Gasteiger charge is 2.30. The van der Waals surface area contributed by atoms with Gasteiger partial charge >= 0.3 is 0 Å². The predicted molar refractivity (Wildman–Crippen MR) is 162 cm³/mol. The number of rotatable bonds is 3. The lowest BCUT2D eigenvalue weighted by Crippen LogP contribution is -2.29. The summed E-state index contributed by atoms with van der Waals surface area (Å²) in [5.41, 5.74) is 13.4.